The fourth-order valence-corrected chi connectivity index (χ4v) is 7.79. The summed E-state index contributed by atoms with van der Waals surface area (Å²) in [6, 6.07) is 29.5. The molecule has 1 aliphatic heterocycles. The van der Waals surface area contributed by atoms with Gasteiger partial charge >= 0.3 is 5.97 Å². The van der Waals surface area contributed by atoms with Crippen LogP contribution in [0.15, 0.2) is 91.0 Å². The Labute approximate surface area is 177 Å². The Bertz CT molecular complexity index is 957. The molecule has 3 aromatic rings. The number of hydrogen-bond donors (Lipinski definition) is 1. The molecule has 3 aromatic carbocycles. The summed E-state index contributed by atoms with van der Waals surface area (Å²) in [5, 5.41) is 3.17. The van der Waals surface area contributed by atoms with Crippen molar-refractivity contribution in [2.24, 2.45) is 0 Å². The van der Waals surface area contributed by atoms with Crippen LogP contribution in [0.4, 0.5) is 0 Å². The van der Waals surface area contributed by atoms with Gasteiger partial charge in [0.2, 0.25) is 0 Å². The maximum absolute atomic E-state index is 14.3. The van der Waals surface area contributed by atoms with Gasteiger partial charge in [-0.3, -0.25) is 9.88 Å². The van der Waals surface area contributed by atoms with Crippen LogP contribution in [0, 0.1) is 0 Å². The van der Waals surface area contributed by atoms with E-state index in [2.05, 4.69) is 5.09 Å². The van der Waals surface area contributed by atoms with Crippen molar-refractivity contribution in [2.45, 2.75) is 30.8 Å². The predicted molar refractivity (Wildman–Crippen MR) is 119 cm³/mol. The second kappa shape index (κ2) is 9.42. The third-order valence-electron chi connectivity index (χ3n) is 5.72. The molecule has 0 bridgehead atoms. The van der Waals surface area contributed by atoms with Crippen molar-refractivity contribution in [1.29, 1.82) is 0 Å². The SMILES string of the molecule is O=C(CNP1(=O)[C@H](c2ccccc2)CC[C@H]1c1ccccc1)OCc1ccccc1. The lowest BCUT2D eigenvalue weighted by Gasteiger charge is -2.27. The Balaban J connectivity index is 1.50. The van der Waals surface area contributed by atoms with E-state index in [4.69, 9.17) is 4.74 Å². The van der Waals surface area contributed by atoms with Gasteiger partial charge in [0.25, 0.3) is 0 Å². The maximum atomic E-state index is 14.3. The van der Waals surface area contributed by atoms with E-state index in [0.717, 1.165) is 29.5 Å². The summed E-state index contributed by atoms with van der Waals surface area (Å²) in [5.74, 6) is -0.389. The van der Waals surface area contributed by atoms with E-state index in [9.17, 15) is 9.36 Å². The summed E-state index contributed by atoms with van der Waals surface area (Å²) in [6.45, 7) is 0.159. The molecule has 0 radical (unpaired) electrons. The highest BCUT2D eigenvalue weighted by atomic mass is 31.2. The molecule has 4 nitrogen and oxygen atoms in total. The minimum atomic E-state index is -2.93. The molecule has 2 atom stereocenters. The molecule has 0 saturated carbocycles. The lowest BCUT2D eigenvalue weighted by Crippen LogP contribution is -2.25. The molecule has 1 heterocycles. The Morgan fingerprint density at radius 3 is 1.77 bits per heavy atom. The van der Waals surface area contributed by atoms with Crippen LogP contribution in [-0.2, 0) is 20.7 Å². The first-order valence-corrected chi connectivity index (χ1v) is 12.2. The zero-order valence-electron chi connectivity index (χ0n) is 16.8. The van der Waals surface area contributed by atoms with Crippen LogP contribution in [0.3, 0.4) is 0 Å². The van der Waals surface area contributed by atoms with Crippen LogP contribution in [-0.4, -0.2) is 12.5 Å². The second-order valence-electron chi connectivity index (χ2n) is 7.62. The molecule has 5 heteroatoms. The predicted octanol–water partition coefficient (Wildman–Crippen LogP) is 5.87. The average Bonchev–Trinajstić information content (AvgIpc) is 3.15. The maximum Gasteiger partial charge on any atom is 0.320 e. The van der Waals surface area contributed by atoms with Crippen LogP contribution in [0.1, 0.15) is 40.8 Å². The molecule has 1 N–H and O–H groups in total. The molecule has 154 valence electrons. The monoisotopic (exact) mass is 419 g/mol. The number of ether oxygens (including phenoxy) is 1. The number of esters is 1. The Morgan fingerprint density at radius 2 is 1.27 bits per heavy atom. The molecular formula is C25H26NO3P. The van der Waals surface area contributed by atoms with Gasteiger partial charge in [-0.05, 0) is 29.5 Å². The lowest BCUT2D eigenvalue weighted by molar-refractivity contribution is -0.143. The number of carbonyl (C=O) groups is 1. The fraction of sp³-hybridized carbons (Fsp3) is 0.240. The highest BCUT2D eigenvalue weighted by Crippen LogP contribution is 2.73. The molecular weight excluding hydrogens is 393 g/mol. The van der Waals surface area contributed by atoms with Gasteiger partial charge < -0.3 is 9.30 Å². The molecule has 0 aromatic heterocycles. The number of nitrogens with one attached hydrogen (secondary N) is 1. The lowest BCUT2D eigenvalue weighted by atomic mass is 10.0. The Hall–Kier alpha value is -2.68. The topological polar surface area (TPSA) is 55.4 Å². The summed E-state index contributed by atoms with van der Waals surface area (Å²) in [4.78, 5) is 12.4. The largest absolute Gasteiger partial charge is 0.460 e. The number of carbonyl (C=O) groups excluding carboxylic acids is 1. The molecule has 1 fully saturated rings. The van der Waals surface area contributed by atoms with Gasteiger partial charge in [-0.2, -0.15) is 0 Å². The second-order valence-corrected chi connectivity index (χ2v) is 10.6. The van der Waals surface area contributed by atoms with Crippen LogP contribution < -0.4 is 5.09 Å². The first-order valence-electron chi connectivity index (χ1n) is 10.3. The van der Waals surface area contributed by atoms with E-state index in [1.54, 1.807) is 0 Å². The molecule has 0 amide bonds. The first-order chi connectivity index (χ1) is 14.7. The number of benzene rings is 3. The molecule has 1 saturated heterocycles. The molecule has 0 aliphatic carbocycles. The van der Waals surface area contributed by atoms with Crippen molar-refractivity contribution in [3.63, 3.8) is 0 Å². The molecule has 30 heavy (non-hydrogen) atoms. The van der Waals surface area contributed by atoms with Crippen molar-refractivity contribution in [1.82, 2.24) is 5.09 Å². The summed E-state index contributed by atoms with van der Waals surface area (Å²) >= 11 is 0. The minimum absolute atomic E-state index is 0.0588. The quantitative estimate of drug-likeness (QED) is 0.384. The summed E-state index contributed by atoms with van der Waals surface area (Å²) < 4.78 is 19.7. The van der Waals surface area contributed by atoms with Gasteiger partial charge in [0.15, 0.2) is 7.29 Å². The van der Waals surface area contributed by atoms with Crippen LogP contribution >= 0.6 is 7.29 Å². The molecule has 0 spiro atoms. The minimum Gasteiger partial charge on any atom is -0.460 e. The van der Waals surface area contributed by atoms with Crippen LogP contribution in [0.25, 0.3) is 0 Å². The van der Waals surface area contributed by atoms with Crippen molar-refractivity contribution < 1.29 is 14.1 Å². The van der Waals surface area contributed by atoms with E-state index in [1.165, 1.54) is 0 Å². The smallest absolute Gasteiger partial charge is 0.320 e. The Morgan fingerprint density at radius 1 is 0.800 bits per heavy atom. The average molecular weight is 419 g/mol. The van der Waals surface area contributed by atoms with Gasteiger partial charge in [-0.15, -0.1) is 0 Å². The highest BCUT2D eigenvalue weighted by Gasteiger charge is 2.47. The first kappa shape index (κ1) is 20.6. The van der Waals surface area contributed by atoms with Crippen molar-refractivity contribution in [3.8, 4) is 0 Å². The zero-order chi connectivity index (χ0) is 20.8. The van der Waals surface area contributed by atoms with E-state index in [0.29, 0.717) is 0 Å². The summed E-state index contributed by atoms with van der Waals surface area (Å²) in [6.07, 6.45) is 1.65. The molecule has 1 aliphatic rings. The molecule has 0 unspecified atom stereocenters. The van der Waals surface area contributed by atoms with E-state index in [-0.39, 0.29) is 30.4 Å². The third-order valence-corrected chi connectivity index (χ3v) is 9.34. The highest BCUT2D eigenvalue weighted by molar-refractivity contribution is 7.63. The summed E-state index contributed by atoms with van der Waals surface area (Å²) in [7, 11) is -2.93. The van der Waals surface area contributed by atoms with Gasteiger partial charge in [-0.25, -0.2) is 0 Å². The third kappa shape index (κ3) is 4.56. The van der Waals surface area contributed by atoms with E-state index in [1.807, 2.05) is 91.0 Å². The summed E-state index contributed by atoms with van der Waals surface area (Å²) in [5.41, 5.74) is 2.84. The van der Waals surface area contributed by atoms with Gasteiger partial charge in [0.05, 0.1) is 17.9 Å². The standard InChI is InChI=1S/C25H26NO3P/c27-25(29-19-20-10-4-1-5-11-20)18-26-30(28)23(21-12-6-2-7-13-21)16-17-24(30)22-14-8-3-9-15-22/h1-15,23-24H,16-19H2,(H,26,28)/t23-,24-/m0/s1. The van der Waals surface area contributed by atoms with Gasteiger partial charge in [-0.1, -0.05) is 91.0 Å². The van der Waals surface area contributed by atoms with Crippen molar-refractivity contribution >= 4 is 13.3 Å². The van der Waals surface area contributed by atoms with Crippen molar-refractivity contribution in [3.05, 3.63) is 108 Å². The van der Waals surface area contributed by atoms with E-state index < -0.39 is 7.29 Å². The van der Waals surface area contributed by atoms with Crippen LogP contribution in [0.5, 0.6) is 0 Å². The Kier molecular flexibility index (Phi) is 6.47. The molecule has 4 rings (SSSR count). The number of hydrogen-bond acceptors (Lipinski definition) is 3. The fourth-order valence-electron chi connectivity index (χ4n) is 4.24. The normalized spacial score (nSPS) is 20.0. The van der Waals surface area contributed by atoms with Crippen LogP contribution in [0.2, 0.25) is 0 Å². The van der Waals surface area contributed by atoms with Crippen molar-refractivity contribution in [2.75, 3.05) is 6.54 Å². The van der Waals surface area contributed by atoms with Gasteiger partial charge in [0.1, 0.15) is 6.61 Å². The van der Waals surface area contributed by atoms with Gasteiger partial charge in [0, 0.05) is 0 Å². The van der Waals surface area contributed by atoms with E-state index >= 15 is 0 Å². The number of rotatable bonds is 7. The zero-order valence-corrected chi connectivity index (χ0v) is 17.7.